The lowest BCUT2D eigenvalue weighted by atomic mass is 9.84. The van der Waals surface area contributed by atoms with E-state index in [0.717, 1.165) is 0 Å². The van der Waals surface area contributed by atoms with E-state index < -0.39 is 11.8 Å². The van der Waals surface area contributed by atoms with Gasteiger partial charge in [-0.25, -0.2) is 0 Å². The zero-order valence-corrected chi connectivity index (χ0v) is 7.33. The minimum Gasteiger partial charge on any atom is -0.380 e. The molecule has 1 aliphatic carbocycles. The van der Waals surface area contributed by atoms with Crippen molar-refractivity contribution in [2.24, 2.45) is 0 Å². The van der Waals surface area contributed by atoms with Crippen molar-refractivity contribution in [3.8, 4) is 0 Å². The molecule has 0 amide bonds. The summed E-state index contributed by atoms with van der Waals surface area (Å²) in [5.41, 5.74) is -2.45. The first-order valence-electron chi connectivity index (χ1n) is 3.82. The summed E-state index contributed by atoms with van der Waals surface area (Å²) < 4.78 is 36.5. The summed E-state index contributed by atoms with van der Waals surface area (Å²) in [6.45, 7) is 0. The van der Waals surface area contributed by atoms with E-state index in [1.54, 1.807) is 0 Å². The van der Waals surface area contributed by atoms with Crippen LogP contribution < -0.4 is 0 Å². The lowest BCUT2D eigenvalue weighted by Gasteiger charge is -2.35. The Morgan fingerprint density at radius 3 is 2.00 bits per heavy atom. The van der Waals surface area contributed by atoms with E-state index in [-0.39, 0.29) is 18.1 Å². The quantitative estimate of drug-likeness (QED) is 0.574. The highest BCUT2D eigenvalue weighted by atomic mass is 32.1. The monoisotopic (exact) mass is 200 g/mol. The van der Waals surface area contributed by atoms with Gasteiger partial charge in [0, 0.05) is 5.25 Å². The third-order valence-corrected chi connectivity index (χ3v) is 2.83. The van der Waals surface area contributed by atoms with E-state index in [9.17, 15) is 13.2 Å². The Morgan fingerprint density at radius 1 is 1.25 bits per heavy atom. The largest absolute Gasteiger partial charge is 0.417 e. The van der Waals surface area contributed by atoms with Crippen LogP contribution in [0.3, 0.4) is 0 Å². The molecule has 0 saturated heterocycles. The number of hydrogen-bond acceptors (Lipinski definition) is 2. The van der Waals surface area contributed by atoms with Crippen molar-refractivity contribution in [3.05, 3.63) is 0 Å². The van der Waals surface area contributed by atoms with Gasteiger partial charge in [0.15, 0.2) is 5.60 Å². The van der Waals surface area contributed by atoms with Crippen molar-refractivity contribution >= 4 is 12.6 Å². The standard InChI is InChI=1S/C7H11F3OS/c8-7(9,10)6(11)3-1-5(12)2-4-6/h5,11-12H,1-4H2. The lowest BCUT2D eigenvalue weighted by Crippen LogP contribution is -2.47. The van der Waals surface area contributed by atoms with E-state index in [0.29, 0.717) is 12.8 Å². The Bertz CT molecular complexity index is 161. The summed E-state index contributed by atoms with van der Waals surface area (Å²) in [5, 5.41) is 9.17. The molecule has 1 nitrogen and oxygen atoms in total. The van der Waals surface area contributed by atoms with Gasteiger partial charge in [-0.15, -0.1) is 0 Å². The second-order valence-electron chi connectivity index (χ2n) is 3.26. The molecule has 0 aromatic heterocycles. The van der Waals surface area contributed by atoms with Crippen LogP contribution >= 0.6 is 12.6 Å². The van der Waals surface area contributed by atoms with E-state index in [2.05, 4.69) is 12.6 Å². The summed E-state index contributed by atoms with van der Waals surface area (Å²) in [5.74, 6) is 0. The fourth-order valence-electron chi connectivity index (χ4n) is 1.36. The van der Waals surface area contributed by atoms with Gasteiger partial charge >= 0.3 is 6.18 Å². The van der Waals surface area contributed by atoms with Crippen LogP contribution in [0, 0.1) is 0 Å². The minimum absolute atomic E-state index is 0.00706. The van der Waals surface area contributed by atoms with Crippen LogP contribution in [0.5, 0.6) is 0 Å². The number of aliphatic hydroxyl groups is 1. The lowest BCUT2D eigenvalue weighted by molar-refractivity contribution is -0.269. The van der Waals surface area contributed by atoms with Crippen molar-refractivity contribution in [1.82, 2.24) is 0 Å². The van der Waals surface area contributed by atoms with Gasteiger partial charge in [0.25, 0.3) is 0 Å². The summed E-state index contributed by atoms with van der Waals surface area (Å²) in [7, 11) is 0. The van der Waals surface area contributed by atoms with Gasteiger partial charge in [0.1, 0.15) is 0 Å². The van der Waals surface area contributed by atoms with E-state index >= 15 is 0 Å². The van der Waals surface area contributed by atoms with Gasteiger partial charge in [-0.1, -0.05) is 0 Å². The fraction of sp³-hybridized carbons (Fsp3) is 1.00. The molecule has 1 saturated carbocycles. The third kappa shape index (κ3) is 1.88. The highest BCUT2D eigenvalue weighted by Crippen LogP contribution is 2.42. The molecule has 1 aliphatic rings. The van der Waals surface area contributed by atoms with Crippen molar-refractivity contribution in [1.29, 1.82) is 0 Å². The van der Waals surface area contributed by atoms with E-state index in [4.69, 9.17) is 5.11 Å². The first-order chi connectivity index (χ1) is 5.35. The van der Waals surface area contributed by atoms with Crippen LogP contribution in [0.1, 0.15) is 25.7 Å². The maximum Gasteiger partial charge on any atom is 0.417 e. The van der Waals surface area contributed by atoms with Crippen LogP contribution in [-0.4, -0.2) is 22.1 Å². The number of thiol groups is 1. The molecule has 72 valence electrons. The van der Waals surface area contributed by atoms with Crippen LogP contribution in [0.2, 0.25) is 0 Å². The topological polar surface area (TPSA) is 20.2 Å². The molecule has 0 radical (unpaired) electrons. The Balaban J connectivity index is 2.62. The first kappa shape index (κ1) is 10.2. The molecule has 1 fully saturated rings. The number of alkyl halides is 3. The van der Waals surface area contributed by atoms with Crippen LogP contribution in [0.4, 0.5) is 13.2 Å². The molecular weight excluding hydrogens is 189 g/mol. The SMILES string of the molecule is OC1(C(F)(F)F)CCC(S)CC1. The molecule has 1 N–H and O–H groups in total. The van der Waals surface area contributed by atoms with Crippen molar-refractivity contribution in [2.45, 2.75) is 42.7 Å². The molecule has 0 aliphatic heterocycles. The predicted octanol–water partition coefficient (Wildman–Crippen LogP) is 2.15. The maximum atomic E-state index is 12.2. The summed E-state index contributed by atoms with van der Waals surface area (Å²) in [6.07, 6.45) is -4.26. The van der Waals surface area contributed by atoms with Crippen LogP contribution in [0.25, 0.3) is 0 Å². The predicted molar refractivity (Wildman–Crippen MR) is 42.2 cm³/mol. The van der Waals surface area contributed by atoms with Gasteiger partial charge in [-0.2, -0.15) is 25.8 Å². The van der Waals surface area contributed by atoms with Crippen molar-refractivity contribution < 1.29 is 18.3 Å². The van der Waals surface area contributed by atoms with E-state index in [1.165, 1.54) is 0 Å². The zero-order chi connectivity index (χ0) is 9.41. The number of halogens is 3. The second-order valence-corrected chi connectivity index (χ2v) is 3.99. The molecule has 12 heavy (non-hydrogen) atoms. The molecular formula is C7H11F3OS. The zero-order valence-electron chi connectivity index (χ0n) is 6.43. The van der Waals surface area contributed by atoms with Gasteiger partial charge in [0.2, 0.25) is 0 Å². The molecule has 0 atom stereocenters. The molecule has 1 rings (SSSR count). The first-order valence-corrected chi connectivity index (χ1v) is 4.34. The summed E-state index contributed by atoms with van der Waals surface area (Å²) in [4.78, 5) is 0. The molecule has 0 aromatic rings. The average molecular weight is 200 g/mol. The van der Waals surface area contributed by atoms with E-state index in [1.807, 2.05) is 0 Å². The molecule has 0 aromatic carbocycles. The molecule has 0 bridgehead atoms. The van der Waals surface area contributed by atoms with Crippen LogP contribution in [0.15, 0.2) is 0 Å². The molecule has 5 heteroatoms. The third-order valence-electron chi connectivity index (χ3n) is 2.31. The second kappa shape index (κ2) is 3.10. The van der Waals surface area contributed by atoms with Crippen molar-refractivity contribution in [3.63, 3.8) is 0 Å². The Hall–Kier alpha value is 0.100. The minimum atomic E-state index is -4.49. The Morgan fingerprint density at radius 2 is 1.67 bits per heavy atom. The van der Waals surface area contributed by atoms with Gasteiger partial charge in [-0.05, 0) is 25.7 Å². The van der Waals surface area contributed by atoms with Gasteiger partial charge in [0.05, 0.1) is 0 Å². The van der Waals surface area contributed by atoms with Crippen LogP contribution in [-0.2, 0) is 0 Å². The maximum absolute atomic E-state index is 12.2. The number of rotatable bonds is 0. The van der Waals surface area contributed by atoms with Gasteiger partial charge < -0.3 is 5.11 Å². The Kier molecular flexibility index (Phi) is 2.63. The highest BCUT2D eigenvalue weighted by Gasteiger charge is 2.54. The smallest absolute Gasteiger partial charge is 0.380 e. The average Bonchev–Trinajstić information content (AvgIpc) is 1.93. The summed E-state index contributed by atoms with van der Waals surface area (Å²) >= 11 is 4.06. The molecule has 0 spiro atoms. The van der Waals surface area contributed by atoms with Gasteiger partial charge in [-0.3, -0.25) is 0 Å². The Labute approximate surface area is 74.4 Å². The fourth-order valence-corrected chi connectivity index (χ4v) is 1.62. The van der Waals surface area contributed by atoms with Crippen molar-refractivity contribution in [2.75, 3.05) is 0 Å². The normalized spacial score (nSPS) is 38.2. The highest BCUT2D eigenvalue weighted by molar-refractivity contribution is 7.80. The summed E-state index contributed by atoms with van der Waals surface area (Å²) in [6, 6.07) is 0. The molecule has 0 heterocycles. The number of hydrogen-bond donors (Lipinski definition) is 2. The molecule has 0 unspecified atom stereocenters.